The van der Waals surface area contributed by atoms with Gasteiger partial charge in [0.2, 0.25) is 0 Å². The van der Waals surface area contributed by atoms with Crippen LogP contribution in [-0.4, -0.2) is 5.24 Å². The van der Waals surface area contributed by atoms with E-state index < -0.39 is 5.24 Å². The third kappa shape index (κ3) is 1.33. The van der Waals surface area contributed by atoms with Crippen LogP contribution in [0.15, 0.2) is 16.7 Å². The minimum Gasteiger partial charge on any atom is -0.460 e. The number of halogens is 2. The van der Waals surface area contributed by atoms with Gasteiger partial charge >= 0.3 is 0 Å². The maximum atomic E-state index is 10.5. The average molecular weight is 179 g/mol. The Morgan fingerprint density at radius 1 is 1.70 bits per heavy atom. The Labute approximate surface area is 67.7 Å². The van der Waals surface area contributed by atoms with Gasteiger partial charge in [-0.15, -0.1) is 11.6 Å². The van der Waals surface area contributed by atoms with Crippen molar-refractivity contribution in [3.8, 4) is 0 Å². The van der Waals surface area contributed by atoms with Crippen LogP contribution in [0.3, 0.4) is 0 Å². The van der Waals surface area contributed by atoms with E-state index in [0.29, 0.717) is 5.56 Å². The van der Waals surface area contributed by atoms with Gasteiger partial charge < -0.3 is 4.42 Å². The van der Waals surface area contributed by atoms with Crippen LogP contribution in [0.5, 0.6) is 0 Å². The molecule has 0 atom stereocenters. The van der Waals surface area contributed by atoms with Gasteiger partial charge in [-0.1, -0.05) is 0 Å². The van der Waals surface area contributed by atoms with Gasteiger partial charge in [-0.25, -0.2) is 0 Å². The molecule has 0 bridgehead atoms. The second-order valence-corrected chi connectivity index (χ2v) is 2.29. The van der Waals surface area contributed by atoms with E-state index in [4.69, 9.17) is 27.6 Å². The standard InChI is InChI=1S/C6H4Cl2O2/c7-3-4-1-2-10-5(4)6(8)9/h1-2H,3H2. The maximum Gasteiger partial charge on any atom is 0.288 e. The highest BCUT2D eigenvalue weighted by atomic mass is 35.5. The van der Waals surface area contributed by atoms with Crippen molar-refractivity contribution < 1.29 is 9.21 Å². The van der Waals surface area contributed by atoms with E-state index in [0.717, 1.165) is 0 Å². The molecule has 0 N–H and O–H groups in total. The number of alkyl halides is 1. The largest absolute Gasteiger partial charge is 0.460 e. The SMILES string of the molecule is O=C(Cl)c1occc1CCl. The first kappa shape index (κ1) is 7.63. The molecule has 0 radical (unpaired) electrons. The number of hydrogen-bond donors (Lipinski definition) is 0. The summed E-state index contributed by atoms with van der Waals surface area (Å²) in [4.78, 5) is 10.5. The van der Waals surface area contributed by atoms with Gasteiger partial charge in [0.15, 0.2) is 5.76 Å². The molecule has 0 saturated heterocycles. The zero-order valence-corrected chi connectivity index (χ0v) is 6.45. The Morgan fingerprint density at radius 2 is 2.40 bits per heavy atom. The van der Waals surface area contributed by atoms with E-state index in [1.165, 1.54) is 6.26 Å². The summed E-state index contributed by atoms with van der Waals surface area (Å²) in [5.41, 5.74) is 0.627. The van der Waals surface area contributed by atoms with Crippen molar-refractivity contribution in [1.82, 2.24) is 0 Å². The van der Waals surface area contributed by atoms with Crippen LogP contribution >= 0.6 is 23.2 Å². The lowest BCUT2D eigenvalue weighted by Crippen LogP contribution is -1.89. The first-order valence-electron chi connectivity index (χ1n) is 2.58. The van der Waals surface area contributed by atoms with Crippen LogP contribution < -0.4 is 0 Å². The van der Waals surface area contributed by atoms with Crippen LogP contribution in [0.2, 0.25) is 0 Å². The topological polar surface area (TPSA) is 30.2 Å². The molecule has 4 heteroatoms. The van der Waals surface area contributed by atoms with Gasteiger partial charge in [-0.3, -0.25) is 4.79 Å². The van der Waals surface area contributed by atoms with Crippen molar-refractivity contribution in [2.24, 2.45) is 0 Å². The summed E-state index contributed by atoms with van der Waals surface area (Å²) in [5.74, 6) is 0.376. The van der Waals surface area contributed by atoms with Crippen molar-refractivity contribution in [2.75, 3.05) is 0 Å². The van der Waals surface area contributed by atoms with Crippen molar-refractivity contribution in [3.05, 3.63) is 23.7 Å². The molecule has 0 unspecified atom stereocenters. The molecule has 0 aliphatic carbocycles. The average Bonchev–Trinajstić information content (AvgIpc) is 2.33. The maximum absolute atomic E-state index is 10.5. The van der Waals surface area contributed by atoms with Crippen molar-refractivity contribution in [3.63, 3.8) is 0 Å². The monoisotopic (exact) mass is 178 g/mol. The zero-order valence-electron chi connectivity index (χ0n) is 4.93. The van der Waals surface area contributed by atoms with Crippen molar-refractivity contribution in [1.29, 1.82) is 0 Å². The van der Waals surface area contributed by atoms with Crippen LogP contribution in [0.1, 0.15) is 16.1 Å². The van der Waals surface area contributed by atoms with Gasteiger partial charge in [0.05, 0.1) is 12.1 Å². The Morgan fingerprint density at radius 3 is 2.80 bits per heavy atom. The lowest BCUT2D eigenvalue weighted by atomic mass is 10.3. The molecule has 1 aromatic rings. The highest BCUT2D eigenvalue weighted by Crippen LogP contribution is 2.14. The Hall–Kier alpha value is -0.470. The fourth-order valence-electron chi connectivity index (χ4n) is 0.613. The quantitative estimate of drug-likeness (QED) is 0.515. The van der Waals surface area contributed by atoms with Crippen molar-refractivity contribution in [2.45, 2.75) is 5.88 Å². The first-order valence-corrected chi connectivity index (χ1v) is 3.49. The van der Waals surface area contributed by atoms with Crippen LogP contribution in [0.25, 0.3) is 0 Å². The molecule has 0 saturated carbocycles. The number of carbonyl (C=O) groups excluding carboxylic acids is 1. The Bertz CT molecular complexity index is 242. The summed E-state index contributed by atoms with van der Waals surface area (Å²) in [5, 5.41) is -0.611. The second kappa shape index (κ2) is 3.08. The second-order valence-electron chi connectivity index (χ2n) is 1.68. The Balaban J connectivity index is 3.01. The summed E-state index contributed by atoms with van der Waals surface area (Å²) in [7, 11) is 0. The minimum absolute atomic E-state index is 0.136. The summed E-state index contributed by atoms with van der Waals surface area (Å²) >= 11 is 10.6. The number of hydrogen-bond acceptors (Lipinski definition) is 2. The fourth-order valence-corrected chi connectivity index (χ4v) is 0.990. The number of rotatable bonds is 2. The summed E-state index contributed by atoms with van der Waals surface area (Å²) in [6.07, 6.45) is 1.38. The third-order valence-electron chi connectivity index (χ3n) is 1.07. The molecule has 0 amide bonds. The van der Waals surface area contributed by atoms with Gasteiger partial charge in [0.1, 0.15) is 0 Å². The van der Waals surface area contributed by atoms with Gasteiger partial charge in [0, 0.05) is 5.56 Å². The van der Waals surface area contributed by atoms with E-state index in [2.05, 4.69) is 0 Å². The predicted molar refractivity (Wildman–Crippen MR) is 38.4 cm³/mol. The molecule has 54 valence electrons. The molecule has 0 spiro atoms. The summed E-state index contributed by atoms with van der Waals surface area (Å²) in [6.45, 7) is 0. The summed E-state index contributed by atoms with van der Waals surface area (Å²) in [6, 6.07) is 1.61. The van der Waals surface area contributed by atoms with E-state index in [-0.39, 0.29) is 11.6 Å². The molecule has 0 aromatic carbocycles. The molecule has 0 aliphatic heterocycles. The molecule has 1 aromatic heterocycles. The van der Waals surface area contributed by atoms with Crippen LogP contribution in [0.4, 0.5) is 0 Å². The molecule has 2 nitrogen and oxygen atoms in total. The molecule has 10 heavy (non-hydrogen) atoms. The molecular weight excluding hydrogens is 175 g/mol. The zero-order chi connectivity index (χ0) is 7.56. The van der Waals surface area contributed by atoms with E-state index in [9.17, 15) is 4.79 Å². The lowest BCUT2D eigenvalue weighted by molar-refractivity contribution is 0.105. The number of carbonyl (C=O) groups is 1. The number of furan rings is 1. The van der Waals surface area contributed by atoms with E-state index >= 15 is 0 Å². The first-order chi connectivity index (χ1) is 4.75. The van der Waals surface area contributed by atoms with Crippen LogP contribution in [-0.2, 0) is 5.88 Å². The molecule has 1 rings (SSSR count). The molecular formula is C6H4Cl2O2. The summed E-state index contributed by atoms with van der Waals surface area (Å²) < 4.78 is 4.75. The smallest absolute Gasteiger partial charge is 0.288 e. The van der Waals surface area contributed by atoms with E-state index in [1.807, 2.05) is 0 Å². The molecule has 0 aliphatic rings. The van der Waals surface area contributed by atoms with E-state index in [1.54, 1.807) is 6.07 Å². The lowest BCUT2D eigenvalue weighted by Gasteiger charge is -1.88. The molecule has 1 heterocycles. The highest BCUT2D eigenvalue weighted by Gasteiger charge is 2.10. The van der Waals surface area contributed by atoms with Crippen LogP contribution in [0, 0.1) is 0 Å². The van der Waals surface area contributed by atoms with Crippen molar-refractivity contribution >= 4 is 28.4 Å². The minimum atomic E-state index is -0.611. The normalized spacial score (nSPS) is 9.80. The van der Waals surface area contributed by atoms with Gasteiger partial charge in [-0.2, -0.15) is 0 Å². The third-order valence-corrected chi connectivity index (χ3v) is 1.53. The Kier molecular flexibility index (Phi) is 2.35. The highest BCUT2D eigenvalue weighted by molar-refractivity contribution is 6.67. The van der Waals surface area contributed by atoms with Gasteiger partial charge in [0.25, 0.3) is 5.24 Å². The fraction of sp³-hybridized carbons (Fsp3) is 0.167. The molecule has 0 fully saturated rings. The van der Waals surface area contributed by atoms with Gasteiger partial charge in [-0.05, 0) is 17.7 Å². The predicted octanol–water partition coefficient (Wildman–Crippen LogP) is 2.40.